The standard InChI is InChI=1S/C17H21N3O3S2/c1-12-5-3-9-18-16(12)19-17(21)14-6-4-10-20(11-14)25(22,23)15-8-7-13(2)24-15/h3,5,7-9,14H,4,6,10-11H2,1-2H3,(H,18,19,21). The van der Waals surface area contributed by atoms with Gasteiger partial charge in [0.15, 0.2) is 0 Å². The Morgan fingerprint density at radius 2 is 2.12 bits per heavy atom. The molecule has 25 heavy (non-hydrogen) atoms. The van der Waals surface area contributed by atoms with Crippen molar-refractivity contribution in [1.82, 2.24) is 9.29 Å². The minimum Gasteiger partial charge on any atom is -0.310 e. The molecule has 0 radical (unpaired) electrons. The average molecular weight is 380 g/mol. The first-order valence-electron chi connectivity index (χ1n) is 8.17. The van der Waals surface area contributed by atoms with E-state index in [0.717, 1.165) is 10.4 Å². The van der Waals surface area contributed by atoms with Crippen molar-refractivity contribution >= 4 is 33.1 Å². The summed E-state index contributed by atoms with van der Waals surface area (Å²) in [5, 5.41) is 2.83. The van der Waals surface area contributed by atoms with Crippen LogP contribution in [0.25, 0.3) is 0 Å². The zero-order chi connectivity index (χ0) is 18.0. The maximum atomic E-state index is 12.8. The highest BCUT2D eigenvalue weighted by molar-refractivity contribution is 7.91. The molecule has 1 saturated heterocycles. The van der Waals surface area contributed by atoms with E-state index >= 15 is 0 Å². The molecular formula is C17H21N3O3S2. The van der Waals surface area contributed by atoms with Crippen molar-refractivity contribution in [3.05, 3.63) is 40.9 Å². The molecular weight excluding hydrogens is 358 g/mol. The molecule has 0 saturated carbocycles. The van der Waals surface area contributed by atoms with Gasteiger partial charge in [-0.15, -0.1) is 11.3 Å². The van der Waals surface area contributed by atoms with Crippen molar-refractivity contribution in [3.8, 4) is 0 Å². The van der Waals surface area contributed by atoms with Crippen LogP contribution in [-0.2, 0) is 14.8 Å². The van der Waals surface area contributed by atoms with Crippen LogP contribution in [0, 0.1) is 19.8 Å². The molecule has 0 bridgehead atoms. The lowest BCUT2D eigenvalue weighted by atomic mass is 9.99. The topological polar surface area (TPSA) is 79.4 Å². The lowest BCUT2D eigenvalue weighted by Gasteiger charge is -2.30. The number of amides is 1. The first kappa shape index (κ1) is 18.0. The van der Waals surface area contributed by atoms with Crippen LogP contribution >= 0.6 is 11.3 Å². The van der Waals surface area contributed by atoms with Crippen LogP contribution < -0.4 is 5.32 Å². The molecule has 8 heteroatoms. The SMILES string of the molecule is Cc1ccc(S(=O)(=O)N2CCCC(C(=O)Nc3ncccc3C)C2)s1. The van der Waals surface area contributed by atoms with Crippen molar-refractivity contribution in [2.75, 3.05) is 18.4 Å². The van der Waals surface area contributed by atoms with E-state index in [-0.39, 0.29) is 18.4 Å². The summed E-state index contributed by atoms with van der Waals surface area (Å²) in [6.07, 6.45) is 2.97. The van der Waals surface area contributed by atoms with E-state index in [4.69, 9.17) is 0 Å². The number of hydrogen-bond donors (Lipinski definition) is 1. The summed E-state index contributed by atoms with van der Waals surface area (Å²) < 4.78 is 27.3. The van der Waals surface area contributed by atoms with Gasteiger partial charge in [0.05, 0.1) is 5.92 Å². The van der Waals surface area contributed by atoms with Gasteiger partial charge in [-0.2, -0.15) is 4.31 Å². The van der Waals surface area contributed by atoms with Gasteiger partial charge in [0, 0.05) is 24.2 Å². The monoisotopic (exact) mass is 379 g/mol. The van der Waals surface area contributed by atoms with Crippen molar-refractivity contribution in [2.45, 2.75) is 30.9 Å². The van der Waals surface area contributed by atoms with E-state index in [2.05, 4.69) is 10.3 Å². The molecule has 0 aromatic carbocycles. The Bertz CT molecular complexity index is 877. The molecule has 3 rings (SSSR count). The van der Waals surface area contributed by atoms with Crippen LogP contribution in [0.4, 0.5) is 5.82 Å². The van der Waals surface area contributed by atoms with Gasteiger partial charge < -0.3 is 5.32 Å². The van der Waals surface area contributed by atoms with Crippen molar-refractivity contribution < 1.29 is 13.2 Å². The van der Waals surface area contributed by atoms with E-state index < -0.39 is 10.0 Å². The number of aryl methyl sites for hydroxylation is 2. The predicted molar refractivity (Wildman–Crippen MR) is 98.1 cm³/mol. The third-order valence-electron chi connectivity index (χ3n) is 4.32. The number of aromatic nitrogens is 1. The van der Waals surface area contributed by atoms with Gasteiger partial charge >= 0.3 is 0 Å². The van der Waals surface area contributed by atoms with Gasteiger partial charge in [0.2, 0.25) is 5.91 Å². The zero-order valence-electron chi connectivity index (χ0n) is 14.2. The van der Waals surface area contributed by atoms with E-state index in [1.807, 2.05) is 26.0 Å². The fourth-order valence-corrected chi connectivity index (χ4v) is 5.85. The van der Waals surface area contributed by atoms with Crippen LogP contribution in [0.1, 0.15) is 23.3 Å². The van der Waals surface area contributed by atoms with Crippen molar-refractivity contribution in [2.24, 2.45) is 5.92 Å². The highest BCUT2D eigenvalue weighted by atomic mass is 32.2. The zero-order valence-corrected chi connectivity index (χ0v) is 15.9. The maximum Gasteiger partial charge on any atom is 0.252 e. The Hall–Kier alpha value is -1.77. The Balaban J connectivity index is 1.73. The number of carbonyl (C=O) groups excluding carboxylic acids is 1. The molecule has 0 aliphatic carbocycles. The van der Waals surface area contributed by atoms with Crippen LogP contribution in [0.5, 0.6) is 0 Å². The number of thiophene rings is 1. The second-order valence-electron chi connectivity index (χ2n) is 6.23. The molecule has 134 valence electrons. The molecule has 1 unspecified atom stereocenters. The van der Waals surface area contributed by atoms with E-state index in [9.17, 15) is 13.2 Å². The molecule has 1 aliphatic rings. The predicted octanol–water partition coefficient (Wildman–Crippen LogP) is 2.80. The van der Waals surface area contributed by atoms with E-state index in [1.165, 1.54) is 15.6 Å². The number of piperidine rings is 1. The van der Waals surface area contributed by atoms with E-state index in [1.54, 1.807) is 18.3 Å². The third-order valence-corrected chi connectivity index (χ3v) is 7.65. The number of nitrogens with one attached hydrogen (secondary N) is 1. The Labute approximate surface area is 151 Å². The fraction of sp³-hybridized carbons (Fsp3) is 0.412. The average Bonchev–Trinajstić information content (AvgIpc) is 3.04. The Morgan fingerprint density at radius 1 is 1.32 bits per heavy atom. The largest absolute Gasteiger partial charge is 0.310 e. The van der Waals surface area contributed by atoms with Crippen LogP contribution in [-0.4, -0.2) is 36.7 Å². The normalized spacial score (nSPS) is 18.9. The second-order valence-corrected chi connectivity index (χ2v) is 9.68. The molecule has 1 amide bonds. The lowest BCUT2D eigenvalue weighted by molar-refractivity contribution is -0.120. The van der Waals surface area contributed by atoms with Crippen LogP contribution in [0.2, 0.25) is 0 Å². The number of sulfonamides is 1. The van der Waals surface area contributed by atoms with E-state index in [0.29, 0.717) is 29.4 Å². The molecule has 1 fully saturated rings. The number of carbonyl (C=O) groups is 1. The summed E-state index contributed by atoms with van der Waals surface area (Å²) in [6, 6.07) is 7.12. The minimum absolute atomic E-state index is 0.177. The number of nitrogens with zero attached hydrogens (tertiary/aromatic N) is 2. The molecule has 2 aromatic rings. The van der Waals surface area contributed by atoms with Crippen molar-refractivity contribution in [3.63, 3.8) is 0 Å². The molecule has 1 aliphatic heterocycles. The minimum atomic E-state index is -3.53. The molecule has 1 N–H and O–H groups in total. The molecule has 1 atom stereocenters. The Kier molecular flexibility index (Phi) is 5.21. The summed E-state index contributed by atoms with van der Waals surface area (Å²) in [5.74, 6) is -0.0172. The highest BCUT2D eigenvalue weighted by Gasteiger charge is 2.34. The lowest BCUT2D eigenvalue weighted by Crippen LogP contribution is -2.43. The van der Waals surface area contributed by atoms with Gasteiger partial charge in [0.25, 0.3) is 10.0 Å². The van der Waals surface area contributed by atoms with Gasteiger partial charge in [-0.3, -0.25) is 4.79 Å². The number of hydrogen-bond acceptors (Lipinski definition) is 5. The first-order chi connectivity index (χ1) is 11.9. The first-order valence-corrected chi connectivity index (χ1v) is 10.4. The van der Waals surface area contributed by atoms with Crippen LogP contribution in [0.15, 0.2) is 34.7 Å². The molecule has 6 nitrogen and oxygen atoms in total. The van der Waals surface area contributed by atoms with Gasteiger partial charge in [-0.25, -0.2) is 13.4 Å². The smallest absolute Gasteiger partial charge is 0.252 e. The summed E-state index contributed by atoms with van der Waals surface area (Å²) in [7, 11) is -3.53. The summed E-state index contributed by atoms with van der Waals surface area (Å²) in [4.78, 5) is 17.7. The number of pyridine rings is 1. The fourth-order valence-electron chi connectivity index (χ4n) is 2.89. The summed E-state index contributed by atoms with van der Waals surface area (Å²) in [5.41, 5.74) is 0.880. The van der Waals surface area contributed by atoms with Gasteiger partial charge in [-0.1, -0.05) is 6.07 Å². The highest BCUT2D eigenvalue weighted by Crippen LogP contribution is 2.28. The Morgan fingerprint density at radius 3 is 2.80 bits per heavy atom. The van der Waals surface area contributed by atoms with Crippen molar-refractivity contribution in [1.29, 1.82) is 0 Å². The third kappa shape index (κ3) is 3.91. The molecule has 3 heterocycles. The second kappa shape index (κ2) is 7.23. The van der Waals surface area contributed by atoms with Gasteiger partial charge in [0.1, 0.15) is 10.0 Å². The summed E-state index contributed by atoms with van der Waals surface area (Å²) in [6.45, 7) is 4.41. The quantitative estimate of drug-likeness (QED) is 0.886. The summed E-state index contributed by atoms with van der Waals surface area (Å²) >= 11 is 1.26. The molecule has 0 spiro atoms. The number of rotatable bonds is 4. The van der Waals surface area contributed by atoms with Gasteiger partial charge in [-0.05, 0) is 50.5 Å². The molecule has 2 aromatic heterocycles. The maximum absolute atomic E-state index is 12.8. The number of anilines is 1. The van der Waals surface area contributed by atoms with Crippen LogP contribution in [0.3, 0.4) is 0 Å².